The molecule has 2 rings (SSSR count). The summed E-state index contributed by atoms with van der Waals surface area (Å²) in [6.07, 6.45) is 0. The van der Waals surface area contributed by atoms with Crippen molar-refractivity contribution in [2.24, 2.45) is 0 Å². The van der Waals surface area contributed by atoms with Crippen molar-refractivity contribution in [1.82, 2.24) is 0 Å². The molecule has 0 fully saturated rings. The Kier molecular flexibility index (Phi) is 2.57. The fraction of sp³-hybridized carbons (Fsp3) is 0.100. The first kappa shape index (κ1) is 12.1. The van der Waals surface area contributed by atoms with Gasteiger partial charge in [-0.1, -0.05) is 0 Å². The molecule has 94 valence electrons. The van der Waals surface area contributed by atoms with E-state index in [0.717, 1.165) is 6.92 Å². The highest BCUT2D eigenvalue weighted by molar-refractivity contribution is 6.15. The maximum atomic E-state index is 13.7. The summed E-state index contributed by atoms with van der Waals surface area (Å²) in [6, 6.07) is 0. The zero-order valence-electron chi connectivity index (χ0n) is 8.68. The Labute approximate surface area is 97.1 Å². The monoisotopic (exact) mass is 260 g/mol. The van der Waals surface area contributed by atoms with Crippen LogP contribution in [0.15, 0.2) is 0 Å². The van der Waals surface area contributed by atoms with E-state index in [0.29, 0.717) is 0 Å². The first-order valence-corrected chi connectivity index (χ1v) is 4.50. The van der Waals surface area contributed by atoms with Gasteiger partial charge >= 0.3 is 17.9 Å². The highest BCUT2D eigenvalue weighted by Gasteiger charge is 2.41. The van der Waals surface area contributed by atoms with Crippen molar-refractivity contribution in [2.75, 3.05) is 0 Å². The zero-order valence-corrected chi connectivity index (χ0v) is 8.68. The SMILES string of the molecule is CC(=O)Oc1c(F)c(F)c2c(c1F)C(=O)OC2=O. The molecule has 18 heavy (non-hydrogen) atoms. The van der Waals surface area contributed by atoms with E-state index in [1.54, 1.807) is 0 Å². The van der Waals surface area contributed by atoms with Crippen LogP contribution in [0.5, 0.6) is 5.75 Å². The van der Waals surface area contributed by atoms with Gasteiger partial charge in [-0.3, -0.25) is 4.79 Å². The number of rotatable bonds is 1. The average Bonchev–Trinajstić information content (AvgIpc) is 2.56. The zero-order chi connectivity index (χ0) is 13.6. The van der Waals surface area contributed by atoms with Crippen LogP contribution < -0.4 is 4.74 Å². The van der Waals surface area contributed by atoms with Gasteiger partial charge in [-0.2, -0.15) is 4.39 Å². The minimum absolute atomic E-state index is 0.827. The lowest BCUT2D eigenvalue weighted by molar-refractivity contribution is -0.132. The van der Waals surface area contributed by atoms with Crippen LogP contribution in [0, 0.1) is 17.5 Å². The third kappa shape index (κ3) is 1.53. The van der Waals surface area contributed by atoms with Gasteiger partial charge in [0.15, 0.2) is 11.6 Å². The van der Waals surface area contributed by atoms with Crippen molar-refractivity contribution in [3.05, 3.63) is 28.6 Å². The van der Waals surface area contributed by atoms with Gasteiger partial charge < -0.3 is 9.47 Å². The molecular formula is C10H3F3O5. The Balaban J connectivity index is 2.78. The first-order chi connectivity index (χ1) is 8.34. The van der Waals surface area contributed by atoms with Crippen LogP contribution >= 0.6 is 0 Å². The molecule has 0 atom stereocenters. The summed E-state index contributed by atoms with van der Waals surface area (Å²) in [7, 11) is 0. The number of fused-ring (bicyclic) bond motifs is 1. The Morgan fingerprint density at radius 2 is 1.50 bits per heavy atom. The van der Waals surface area contributed by atoms with Gasteiger partial charge in [0.1, 0.15) is 11.1 Å². The molecular weight excluding hydrogens is 257 g/mol. The van der Waals surface area contributed by atoms with Crippen LogP contribution in [0.25, 0.3) is 0 Å². The van der Waals surface area contributed by atoms with Gasteiger partial charge in [0.05, 0.1) is 0 Å². The second-order valence-electron chi connectivity index (χ2n) is 3.29. The fourth-order valence-corrected chi connectivity index (χ4v) is 1.44. The number of hydrogen-bond acceptors (Lipinski definition) is 5. The molecule has 1 aromatic rings. The number of carbonyl (C=O) groups is 3. The van der Waals surface area contributed by atoms with Crippen LogP contribution in [-0.2, 0) is 9.53 Å². The normalized spacial score (nSPS) is 13.3. The molecule has 0 bridgehead atoms. The number of cyclic esters (lactones) is 2. The van der Waals surface area contributed by atoms with E-state index >= 15 is 0 Å². The summed E-state index contributed by atoms with van der Waals surface area (Å²) in [4.78, 5) is 32.7. The van der Waals surface area contributed by atoms with Crippen LogP contribution in [0.3, 0.4) is 0 Å². The number of esters is 3. The van der Waals surface area contributed by atoms with Crippen molar-refractivity contribution in [3.8, 4) is 5.75 Å². The van der Waals surface area contributed by atoms with Crippen LogP contribution in [0.2, 0.25) is 0 Å². The lowest BCUT2D eigenvalue weighted by Gasteiger charge is -2.07. The van der Waals surface area contributed by atoms with Crippen molar-refractivity contribution < 1.29 is 37.0 Å². The van der Waals surface area contributed by atoms with Gasteiger partial charge in [0.25, 0.3) is 0 Å². The Hall–Kier alpha value is -2.38. The number of benzene rings is 1. The van der Waals surface area contributed by atoms with E-state index in [2.05, 4.69) is 9.47 Å². The summed E-state index contributed by atoms with van der Waals surface area (Å²) >= 11 is 0. The lowest BCUT2D eigenvalue weighted by Crippen LogP contribution is -2.11. The fourth-order valence-electron chi connectivity index (χ4n) is 1.44. The molecule has 1 heterocycles. The second-order valence-corrected chi connectivity index (χ2v) is 3.29. The van der Waals surface area contributed by atoms with Gasteiger partial charge in [-0.25, -0.2) is 18.4 Å². The summed E-state index contributed by atoms with van der Waals surface area (Å²) < 4.78 is 48.5. The second kappa shape index (κ2) is 3.83. The van der Waals surface area contributed by atoms with Crippen LogP contribution in [0.4, 0.5) is 13.2 Å². The summed E-state index contributed by atoms with van der Waals surface area (Å²) in [5.41, 5.74) is -2.24. The number of hydrogen-bond donors (Lipinski definition) is 0. The Morgan fingerprint density at radius 3 is 2.00 bits per heavy atom. The molecule has 1 aliphatic heterocycles. The topological polar surface area (TPSA) is 69.7 Å². The minimum Gasteiger partial charge on any atom is -0.420 e. The lowest BCUT2D eigenvalue weighted by atomic mass is 10.1. The molecule has 0 saturated carbocycles. The van der Waals surface area contributed by atoms with E-state index in [-0.39, 0.29) is 0 Å². The highest BCUT2D eigenvalue weighted by atomic mass is 19.2. The highest BCUT2D eigenvalue weighted by Crippen LogP contribution is 2.34. The summed E-state index contributed by atoms with van der Waals surface area (Å²) in [5.74, 6) is -10.8. The quantitative estimate of drug-likeness (QED) is 0.330. The van der Waals surface area contributed by atoms with Crippen molar-refractivity contribution in [3.63, 3.8) is 0 Å². The molecule has 0 unspecified atom stereocenters. The minimum atomic E-state index is -1.88. The van der Waals surface area contributed by atoms with E-state index in [1.807, 2.05) is 0 Å². The predicted molar refractivity (Wildman–Crippen MR) is 47.4 cm³/mol. The van der Waals surface area contributed by atoms with E-state index < -0.39 is 52.2 Å². The summed E-state index contributed by atoms with van der Waals surface area (Å²) in [6.45, 7) is 0.827. The Bertz CT molecular complexity index is 608. The van der Waals surface area contributed by atoms with Crippen LogP contribution in [0.1, 0.15) is 27.6 Å². The molecule has 8 heteroatoms. The molecule has 5 nitrogen and oxygen atoms in total. The molecule has 0 N–H and O–H groups in total. The third-order valence-corrected chi connectivity index (χ3v) is 2.12. The molecule has 0 radical (unpaired) electrons. The maximum absolute atomic E-state index is 13.7. The van der Waals surface area contributed by atoms with E-state index in [9.17, 15) is 27.6 Å². The molecule has 0 aliphatic carbocycles. The first-order valence-electron chi connectivity index (χ1n) is 4.50. The Morgan fingerprint density at radius 1 is 1.00 bits per heavy atom. The number of ether oxygens (including phenoxy) is 2. The molecule has 1 aliphatic rings. The van der Waals surface area contributed by atoms with Gasteiger partial charge in [0, 0.05) is 6.92 Å². The van der Waals surface area contributed by atoms with Gasteiger partial charge in [-0.05, 0) is 0 Å². The molecule has 0 amide bonds. The van der Waals surface area contributed by atoms with Crippen LogP contribution in [-0.4, -0.2) is 17.9 Å². The predicted octanol–water partition coefficient (Wildman–Crippen LogP) is 1.34. The van der Waals surface area contributed by atoms with Gasteiger partial charge in [0.2, 0.25) is 11.6 Å². The average molecular weight is 260 g/mol. The largest absolute Gasteiger partial charge is 0.420 e. The van der Waals surface area contributed by atoms with Crippen molar-refractivity contribution in [1.29, 1.82) is 0 Å². The van der Waals surface area contributed by atoms with E-state index in [1.165, 1.54) is 0 Å². The molecule has 0 spiro atoms. The number of carbonyl (C=O) groups excluding carboxylic acids is 3. The maximum Gasteiger partial charge on any atom is 0.350 e. The van der Waals surface area contributed by atoms with Gasteiger partial charge in [-0.15, -0.1) is 0 Å². The molecule has 1 aromatic carbocycles. The van der Waals surface area contributed by atoms with E-state index in [4.69, 9.17) is 0 Å². The third-order valence-electron chi connectivity index (χ3n) is 2.12. The van der Waals surface area contributed by atoms with Crippen molar-refractivity contribution in [2.45, 2.75) is 6.92 Å². The smallest absolute Gasteiger partial charge is 0.350 e. The molecule has 0 aromatic heterocycles. The molecule has 0 saturated heterocycles. The summed E-state index contributed by atoms with van der Waals surface area (Å²) in [5, 5.41) is 0. The van der Waals surface area contributed by atoms with Crippen molar-refractivity contribution >= 4 is 17.9 Å². The standard InChI is InChI=1S/C10H3F3O5/c1-2(14)17-8-6(12)4-3(5(11)7(8)13)9(15)18-10(4)16/h1H3. The number of halogens is 3.